The largest absolute Gasteiger partial charge is 0.298 e. The second-order valence-corrected chi connectivity index (χ2v) is 3.33. The highest BCUT2D eigenvalue weighted by molar-refractivity contribution is 4.74. The molecule has 1 aliphatic heterocycles. The molecule has 0 saturated carbocycles. The molecule has 1 atom stereocenters. The normalized spacial score (nSPS) is 29.4. The lowest BCUT2D eigenvalue weighted by Gasteiger charge is -2.31. The summed E-state index contributed by atoms with van der Waals surface area (Å²) in [4.78, 5) is 2.20. The summed E-state index contributed by atoms with van der Waals surface area (Å²) in [5, 5.41) is 0. The molecular formula is C8H16FN. The van der Waals surface area contributed by atoms with Crippen LogP contribution in [0, 0.1) is 0 Å². The molecule has 0 radical (unpaired) electrons. The smallest absolute Gasteiger partial charge is 0.113 e. The summed E-state index contributed by atoms with van der Waals surface area (Å²) in [7, 11) is 0. The van der Waals surface area contributed by atoms with Crippen molar-refractivity contribution in [1.82, 2.24) is 4.90 Å². The number of hydrogen-bond donors (Lipinski definition) is 0. The second-order valence-electron chi connectivity index (χ2n) is 3.33. The van der Waals surface area contributed by atoms with Crippen LogP contribution in [0.1, 0.15) is 26.7 Å². The summed E-state index contributed by atoms with van der Waals surface area (Å²) in [6.45, 7) is 5.98. The molecule has 1 fully saturated rings. The van der Waals surface area contributed by atoms with Gasteiger partial charge in [-0.1, -0.05) is 0 Å². The Balaban J connectivity index is 2.32. The van der Waals surface area contributed by atoms with Gasteiger partial charge in [0.25, 0.3) is 0 Å². The lowest BCUT2D eigenvalue weighted by atomic mass is 10.1. The van der Waals surface area contributed by atoms with E-state index in [-0.39, 0.29) is 0 Å². The molecule has 0 N–H and O–H groups in total. The first-order valence-corrected chi connectivity index (χ1v) is 4.08. The van der Waals surface area contributed by atoms with E-state index in [1.165, 1.54) is 0 Å². The van der Waals surface area contributed by atoms with Crippen LogP contribution >= 0.6 is 0 Å². The second kappa shape index (κ2) is 3.33. The standard InChI is InChI=1S/C8H16FN/c1-7(2)10-5-3-4-8(9)6-10/h7-8H,3-6H2,1-2H3/t8-/m0/s1. The zero-order valence-corrected chi connectivity index (χ0v) is 6.81. The Morgan fingerprint density at radius 3 is 2.60 bits per heavy atom. The maximum Gasteiger partial charge on any atom is 0.113 e. The van der Waals surface area contributed by atoms with Crippen LogP contribution in [0.3, 0.4) is 0 Å². The maximum absolute atomic E-state index is 12.8. The molecule has 0 aliphatic carbocycles. The van der Waals surface area contributed by atoms with E-state index in [2.05, 4.69) is 18.7 Å². The lowest BCUT2D eigenvalue weighted by Crippen LogP contribution is -2.40. The van der Waals surface area contributed by atoms with E-state index in [1.54, 1.807) is 0 Å². The first-order chi connectivity index (χ1) is 4.70. The predicted molar refractivity (Wildman–Crippen MR) is 40.8 cm³/mol. The minimum Gasteiger partial charge on any atom is -0.298 e. The third kappa shape index (κ3) is 1.94. The Labute approximate surface area is 62.2 Å². The summed E-state index contributed by atoms with van der Waals surface area (Å²) in [6.07, 6.45) is 1.22. The first-order valence-electron chi connectivity index (χ1n) is 4.08. The van der Waals surface area contributed by atoms with Crippen molar-refractivity contribution in [2.45, 2.75) is 38.9 Å². The third-order valence-corrected chi connectivity index (χ3v) is 2.13. The molecule has 1 nitrogen and oxygen atoms in total. The zero-order valence-electron chi connectivity index (χ0n) is 6.81. The number of halogens is 1. The van der Waals surface area contributed by atoms with E-state index in [1.807, 2.05) is 0 Å². The van der Waals surface area contributed by atoms with Gasteiger partial charge in [-0.2, -0.15) is 0 Å². The number of likely N-dealkylation sites (tertiary alicyclic amines) is 1. The predicted octanol–water partition coefficient (Wildman–Crippen LogP) is 1.83. The monoisotopic (exact) mass is 145 g/mol. The Morgan fingerprint density at radius 1 is 1.50 bits per heavy atom. The summed E-state index contributed by atoms with van der Waals surface area (Å²) in [6, 6.07) is 0.513. The van der Waals surface area contributed by atoms with E-state index in [4.69, 9.17) is 0 Å². The minimum absolute atomic E-state index is 0.513. The molecule has 1 rings (SSSR count). The summed E-state index contributed by atoms with van der Waals surface area (Å²) in [5.41, 5.74) is 0. The van der Waals surface area contributed by atoms with Crippen molar-refractivity contribution >= 4 is 0 Å². The highest BCUT2D eigenvalue weighted by atomic mass is 19.1. The summed E-state index contributed by atoms with van der Waals surface area (Å²) >= 11 is 0. The fourth-order valence-electron chi connectivity index (χ4n) is 1.42. The van der Waals surface area contributed by atoms with Gasteiger partial charge in [-0.05, 0) is 33.2 Å². The molecule has 10 heavy (non-hydrogen) atoms. The fourth-order valence-corrected chi connectivity index (χ4v) is 1.42. The van der Waals surface area contributed by atoms with Gasteiger partial charge in [0.05, 0.1) is 0 Å². The van der Waals surface area contributed by atoms with Crippen molar-refractivity contribution in [3.8, 4) is 0 Å². The van der Waals surface area contributed by atoms with Gasteiger partial charge in [0, 0.05) is 12.6 Å². The maximum atomic E-state index is 12.8. The topological polar surface area (TPSA) is 3.24 Å². The van der Waals surface area contributed by atoms with Gasteiger partial charge in [0.1, 0.15) is 6.17 Å². The number of nitrogens with zero attached hydrogens (tertiary/aromatic N) is 1. The van der Waals surface area contributed by atoms with Gasteiger partial charge < -0.3 is 0 Å². The minimum atomic E-state index is -0.573. The van der Waals surface area contributed by atoms with E-state index >= 15 is 0 Å². The van der Waals surface area contributed by atoms with Crippen molar-refractivity contribution in [2.24, 2.45) is 0 Å². The fraction of sp³-hybridized carbons (Fsp3) is 1.00. The molecule has 0 bridgehead atoms. The number of piperidine rings is 1. The Hall–Kier alpha value is -0.110. The Kier molecular flexibility index (Phi) is 2.66. The van der Waals surface area contributed by atoms with Gasteiger partial charge in [-0.15, -0.1) is 0 Å². The molecule has 1 aliphatic rings. The number of rotatable bonds is 1. The van der Waals surface area contributed by atoms with E-state index in [9.17, 15) is 4.39 Å². The zero-order chi connectivity index (χ0) is 7.56. The molecule has 60 valence electrons. The molecular weight excluding hydrogens is 129 g/mol. The van der Waals surface area contributed by atoms with Crippen LogP contribution in [-0.2, 0) is 0 Å². The average molecular weight is 145 g/mol. The van der Waals surface area contributed by atoms with Crippen LogP contribution in [0.15, 0.2) is 0 Å². The lowest BCUT2D eigenvalue weighted by molar-refractivity contribution is 0.112. The van der Waals surface area contributed by atoms with Crippen molar-refractivity contribution in [3.05, 3.63) is 0 Å². The van der Waals surface area contributed by atoms with Gasteiger partial charge in [0.15, 0.2) is 0 Å². The SMILES string of the molecule is CC(C)N1CCC[C@H](F)C1. The van der Waals surface area contributed by atoms with Crippen LogP contribution in [-0.4, -0.2) is 30.2 Å². The molecule has 0 aromatic rings. The van der Waals surface area contributed by atoms with Crippen molar-refractivity contribution < 1.29 is 4.39 Å². The molecule has 0 aromatic carbocycles. The van der Waals surface area contributed by atoms with Crippen molar-refractivity contribution in [3.63, 3.8) is 0 Å². The van der Waals surface area contributed by atoms with E-state index < -0.39 is 6.17 Å². The quantitative estimate of drug-likeness (QED) is 0.544. The molecule has 1 saturated heterocycles. The highest BCUT2D eigenvalue weighted by Gasteiger charge is 2.20. The van der Waals surface area contributed by atoms with Crippen LogP contribution in [0.2, 0.25) is 0 Å². The van der Waals surface area contributed by atoms with Gasteiger partial charge >= 0.3 is 0 Å². The average Bonchev–Trinajstić information content (AvgIpc) is 1.88. The van der Waals surface area contributed by atoms with Crippen LogP contribution in [0.25, 0.3) is 0 Å². The molecule has 0 aromatic heterocycles. The van der Waals surface area contributed by atoms with Crippen LogP contribution in [0.5, 0.6) is 0 Å². The Morgan fingerprint density at radius 2 is 2.20 bits per heavy atom. The van der Waals surface area contributed by atoms with Gasteiger partial charge in [-0.25, -0.2) is 4.39 Å². The summed E-state index contributed by atoms with van der Waals surface area (Å²) in [5.74, 6) is 0. The molecule has 0 amide bonds. The van der Waals surface area contributed by atoms with Crippen LogP contribution < -0.4 is 0 Å². The van der Waals surface area contributed by atoms with Gasteiger partial charge in [0.2, 0.25) is 0 Å². The number of hydrogen-bond acceptors (Lipinski definition) is 1. The van der Waals surface area contributed by atoms with E-state index in [0.29, 0.717) is 12.6 Å². The van der Waals surface area contributed by atoms with Gasteiger partial charge in [-0.3, -0.25) is 4.90 Å². The molecule has 1 heterocycles. The van der Waals surface area contributed by atoms with E-state index in [0.717, 1.165) is 19.4 Å². The van der Waals surface area contributed by atoms with Crippen molar-refractivity contribution in [1.29, 1.82) is 0 Å². The van der Waals surface area contributed by atoms with Crippen molar-refractivity contribution in [2.75, 3.05) is 13.1 Å². The third-order valence-electron chi connectivity index (χ3n) is 2.13. The highest BCUT2D eigenvalue weighted by Crippen LogP contribution is 2.14. The summed E-state index contributed by atoms with van der Waals surface area (Å²) < 4.78 is 12.8. The van der Waals surface area contributed by atoms with Crippen LogP contribution in [0.4, 0.5) is 4.39 Å². The Bertz CT molecular complexity index is 103. The molecule has 0 unspecified atom stereocenters. The molecule has 0 spiro atoms. The number of alkyl halides is 1. The molecule has 2 heteroatoms. The first kappa shape index (κ1) is 7.99.